The molecule has 1 saturated heterocycles. The van der Waals surface area contributed by atoms with Gasteiger partial charge in [0.15, 0.2) is 0 Å². The maximum atomic E-state index is 12.2. The summed E-state index contributed by atoms with van der Waals surface area (Å²) in [6.45, 7) is 7.82. The molecule has 1 fully saturated rings. The molecule has 1 aliphatic heterocycles. The van der Waals surface area contributed by atoms with Gasteiger partial charge in [0, 0.05) is 26.7 Å². The summed E-state index contributed by atoms with van der Waals surface area (Å²) in [6, 6.07) is 0.0211. The van der Waals surface area contributed by atoms with Gasteiger partial charge in [0.2, 0.25) is 0 Å². The fraction of sp³-hybridized carbons (Fsp3) is 0.857. The van der Waals surface area contributed by atoms with E-state index in [2.05, 4.69) is 13.8 Å². The van der Waals surface area contributed by atoms with Gasteiger partial charge in [-0.15, -0.1) is 0 Å². The van der Waals surface area contributed by atoms with Crippen molar-refractivity contribution in [2.24, 2.45) is 11.3 Å². The van der Waals surface area contributed by atoms with Crippen molar-refractivity contribution >= 4 is 12.0 Å². The van der Waals surface area contributed by atoms with E-state index in [1.807, 2.05) is 7.05 Å². The Morgan fingerprint density at radius 1 is 1.37 bits per heavy atom. The third kappa shape index (κ3) is 3.85. The number of carbonyl (C=O) groups is 2. The third-order valence-electron chi connectivity index (χ3n) is 4.26. The molecule has 0 aromatic rings. The normalized spacial score (nSPS) is 19.9. The van der Waals surface area contributed by atoms with Gasteiger partial charge < -0.3 is 14.9 Å². The second-order valence-electron chi connectivity index (χ2n) is 6.03. The number of carboxylic acids is 1. The minimum Gasteiger partial charge on any atom is -0.481 e. The summed E-state index contributed by atoms with van der Waals surface area (Å²) >= 11 is 0. The van der Waals surface area contributed by atoms with Gasteiger partial charge in [-0.1, -0.05) is 20.3 Å². The van der Waals surface area contributed by atoms with E-state index in [4.69, 9.17) is 5.11 Å². The quantitative estimate of drug-likeness (QED) is 0.852. The van der Waals surface area contributed by atoms with Crippen molar-refractivity contribution in [2.45, 2.75) is 40.0 Å². The molecule has 1 rings (SSSR count). The second-order valence-corrected chi connectivity index (χ2v) is 6.03. The SMILES string of the molecule is CCC(C)CN(C)C(=O)N1CCC(C)(C(=O)O)CC1. The minimum absolute atomic E-state index is 0.0211. The molecule has 1 unspecified atom stereocenters. The van der Waals surface area contributed by atoms with Crippen molar-refractivity contribution in [1.82, 2.24) is 9.80 Å². The van der Waals surface area contributed by atoms with E-state index >= 15 is 0 Å². The summed E-state index contributed by atoms with van der Waals surface area (Å²) in [4.78, 5) is 26.9. The molecule has 0 aliphatic carbocycles. The van der Waals surface area contributed by atoms with Gasteiger partial charge in [0.05, 0.1) is 5.41 Å². The fourth-order valence-corrected chi connectivity index (χ4v) is 2.32. The number of amides is 2. The van der Waals surface area contributed by atoms with Crippen LogP contribution in [0.25, 0.3) is 0 Å². The number of rotatable bonds is 4. The number of carboxylic acid groups (broad SMARTS) is 1. The molecule has 5 nitrogen and oxygen atoms in total. The minimum atomic E-state index is -0.757. The summed E-state index contributed by atoms with van der Waals surface area (Å²) in [6.07, 6.45) is 2.12. The maximum absolute atomic E-state index is 12.2. The summed E-state index contributed by atoms with van der Waals surface area (Å²) in [5.41, 5.74) is -0.675. The van der Waals surface area contributed by atoms with Crippen LogP contribution in [0.4, 0.5) is 4.79 Å². The van der Waals surface area contributed by atoms with E-state index in [0.717, 1.165) is 13.0 Å². The second kappa shape index (κ2) is 6.26. The van der Waals surface area contributed by atoms with E-state index < -0.39 is 11.4 Å². The number of urea groups is 1. The van der Waals surface area contributed by atoms with Gasteiger partial charge in [0.25, 0.3) is 0 Å². The Kier molecular flexibility index (Phi) is 5.20. The number of nitrogens with zero attached hydrogens (tertiary/aromatic N) is 2. The Morgan fingerprint density at radius 2 is 1.89 bits per heavy atom. The van der Waals surface area contributed by atoms with E-state index in [-0.39, 0.29) is 6.03 Å². The smallest absolute Gasteiger partial charge is 0.319 e. The third-order valence-corrected chi connectivity index (χ3v) is 4.26. The Bertz CT molecular complexity index is 336. The molecule has 1 atom stereocenters. The molecule has 0 radical (unpaired) electrons. The highest BCUT2D eigenvalue weighted by atomic mass is 16.4. The predicted molar refractivity (Wildman–Crippen MR) is 74.0 cm³/mol. The lowest BCUT2D eigenvalue weighted by molar-refractivity contribution is -0.150. The summed E-state index contributed by atoms with van der Waals surface area (Å²) in [5, 5.41) is 9.17. The zero-order valence-corrected chi connectivity index (χ0v) is 12.5. The largest absolute Gasteiger partial charge is 0.481 e. The van der Waals surface area contributed by atoms with Crippen LogP contribution >= 0.6 is 0 Å². The van der Waals surface area contributed by atoms with E-state index in [9.17, 15) is 9.59 Å². The van der Waals surface area contributed by atoms with Crippen molar-refractivity contribution in [3.05, 3.63) is 0 Å². The summed E-state index contributed by atoms with van der Waals surface area (Å²) in [7, 11) is 1.82. The topological polar surface area (TPSA) is 60.9 Å². The van der Waals surface area contributed by atoms with Crippen LogP contribution in [-0.2, 0) is 4.79 Å². The van der Waals surface area contributed by atoms with Crippen LogP contribution in [0.15, 0.2) is 0 Å². The molecule has 0 aromatic heterocycles. The molecule has 0 spiro atoms. The zero-order valence-electron chi connectivity index (χ0n) is 12.5. The first-order valence-corrected chi connectivity index (χ1v) is 7.03. The van der Waals surface area contributed by atoms with Crippen LogP contribution in [0.5, 0.6) is 0 Å². The van der Waals surface area contributed by atoms with Crippen LogP contribution in [-0.4, -0.2) is 53.6 Å². The molecule has 0 aromatic carbocycles. The summed E-state index contributed by atoms with van der Waals surface area (Å²) in [5.74, 6) is -0.268. The first kappa shape index (κ1) is 15.8. The molecule has 110 valence electrons. The molecule has 2 amide bonds. The highest BCUT2D eigenvalue weighted by Gasteiger charge is 2.38. The predicted octanol–water partition coefficient (Wildman–Crippen LogP) is 2.27. The molecule has 1 N–H and O–H groups in total. The van der Waals surface area contributed by atoms with E-state index in [1.54, 1.807) is 16.7 Å². The summed E-state index contributed by atoms with van der Waals surface area (Å²) < 4.78 is 0. The van der Waals surface area contributed by atoms with Gasteiger partial charge in [0.1, 0.15) is 0 Å². The van der Waals surface area contributed by atoms with Gasteiger partial charge in [-0.3, -0.25) is 4.79 Å². The molecule has 0 bridgehead atoms. The molecule has 0 saturated carbocycles. The first-order valence-electron chi connectivity index (χ1n) is 7.03. The van der Waals surface area contributed by atoms with Crippen LogP contribution < -0.4 is 0 Å². The number of likely N-dealkylation sites (tertiary alicyclic amines) is 1. The molecule has 5 heteroatoms. The Morgan fingerprint density at radius 3 is 2.32 bits per heavy atom. The van der Waals surface area contributed by atoms with Crippen molar-refractivity contribution < 1.29 is 14.7 Å². The first-order chi connectivity index (χ1) is 8.80. The molecular weight excluding hydrogens is 244 g/mol. The van der Waals surface area contributed by atoms with Gasteiger partial charge in [-0.2, -0.15) is 0 Å². The lowest BCUT2D eigenvalue weighted by atomic mass is 9.80. The van der Waals surface area contributed by atoms with Crippen molar-refractivity contribution in [2.75, 3.05) is 26.7 Å². The van der Waals surface area contributed by atoms with Crippen molar-refractivity contribution in [1.29, 1.82) is 0 Å². The number of aliphatic carboxylic acids is 1. The van der Waals surface area contributed by atoms with E-state index in [0.29, 0.717) is 31.8 Å². The number of carbonyl (C=O) groups excluding carboxylic acids is 1. The van der Waals surface area contributed by atoms with Gasteiger partial charge in [-0.05, 0) is 25.7 Å². The number of hydrogen-bond donors (Lipinski definition) is 1. The fourth-order valence-electron chi connectivity index (χ4n) is 2.32. The zero-order chi connectivity index (χ0) is 14.6. The lowest BCUT2D eigenvalue weighted by Crippen LogP contribution is -2.49. The number of piperidine rings is 1. The molecule has 1 heterocycles. The number of hydrogen-bond acceptors (Lipinski definition) is 2. The molecule has 1 aliphatic rings. The lowest BCUT2D eigenvalue weighted by Gasteiger charge is -2.38. The van der Waals surface area contributed by atoms with Crippen LogP contribution in [0.2, 0.25) is 0 Å². The van der Waals surface area contributed by atoms with Crippen LogP contribution in [0.3, 0.4) is 0 Å². The Labute approximate surface area is 115 Å². The van der Waals surface area contributed by atoms with E-state index in [1.165, 1.54) is 0 Å². The van der Waals surface area contributed by atoms with Gasteiger partial charge >= 0.3 is 12.0 Å². The Hall–Kier alpha value is -1.26. The molecule has 19 heavy (non-hydrogen) atoms. The maximum Gasteiger partial charge on any atom is 0.319 e. The van der Waals surface area contributed by atoms with Crippen LogP contribution in [0.1, 0.15) is 40.0 Å². The van der Waals surface area contributed by atoms with Crippen LogP contribution in [0, 0.1) is 11.3 Å². The molecular formula is C14H26N2O3. The highest BCUT2D eigenvalue weighted by Crippen LogP contribution is 2.31. The average Bonchev–Trinajstić information content (AvgIpc) is 2.38. The Balaban J connectivity index is 2.51. The van der Waals surface area contributed by atoms with Gasteiger partial charge in [-0.25, -0.2) is 4.79 Å². The average molecular weight is 270 g/mol. The van der Waals surface area contributed by atoms with Crippen molar-refractivity contribution in [3.8, 4) is 0 Å². The monoisotopic (exact) mass is 270 g/mol. The highest BCUT2D eigenvalue weighted by molar-refractivity contribution is 5.77. The standard InChI is InChI=1S/C14H26N2O3/c1-5-11(2)10-15(4)13(19)16-8-6-14(3,7-9-16)12(17)18/h11H,5-10H2,1-4H3,(H,17,18). The van der Waals surface area contributed by atoms with Crippen molar-refractivity contribution in [3.63, 3.8) is 0 Å².